The summed E-state index contributed by atoms with van der Waals surface area (Å²) >= 11 is 4.02. The van der Waals surface area contributed by atoms with Crippen molar-refractivity contribution >= 4 is 59.9 Å². The minimum absolute atomic E-state index is 0.00662. The number of aromatic nitrogens is 2. The molecule has 48 heavy (non-hydrogen) atoms. The summed E-state index contributed by atoms with van der Waals surface area (Å²) < 4.78 is 0. The number of thiol groups is 1. The zero-order valence-electron chi connectivity index (χ0n) is 26.2. The van der Waals surface area contributed by atoms with Gasteiger partial charge in [0.1, 0.15) is 30.2 Å². The molecule has 14 N–H and O–H groups in total. The summed E-state index contributed by atoms with van der Waals surface area (Å²) in [6.45, 7) is 1.31. The molecule has 8 amide bonds. The van der Waals surface area contributed by atoms with Crippen molar-refractivity contribution < 1.29 is 43.5 Å². The minimum atomic E-state index is -1.68. The van der Waals surface area contributed by atoms with Crippen LogP contribution in [0.2, 0.25) is 0 Å². The van der Waals surface area contributed by atoms with Gasteiger partial charge in [0.2, 0.25) is 47.3 Å². The van der Waals surface area contributed by atoms with Crippen LogP contribution in [0.3, 0.4) is 0 Å². The quantitative estimate of drug-likeness (QED) is 0.0605. The molecular weight excluding hydrogens is 654 g/mol. The van der Waals surface area contributed by atoms with E-state index in [1.807, 2.05) is 0 Å². The standard InChI is InChI=1S/C27H43N11O9S/c1-12(39)21(22(31)42)37-25(45)16(8-20(30)41)35-24(44)15(4-5-19(29)40)34-26(46)18-3-2-6-38(18)27(47)17(7-13-9-32-11-33-13)36-23(43)14(28)10-48/h9,11-12,14-18,21,39,48H,2-8,10,28H2,1H3,(H2,29,40)(H2,30,41)(H2,31,42)(H,32,33)(H,34,46)(H,35,44)(H,36,43)(H,37,45)/t12-,14+,15+,16+,17+,18+,21+/m1/s1. The molecule has 21 heteroatoms. The van der Waals surface area contributed by atoms with Crippen LogP contribution in [0.15, 0.2) is 12.5 Å². The van der Waals surface area contributed by atoms with E-state index in [0.717, 1.165) is 0 Å². The Labute approximate surface area is 280 Å². The lowest BCUT2D eigenvalue weighted by atomic mass is 10.1. The third-order valence-electron chi connectivity index (χ3n) is 7.40. The number of nitrogens with two attached hydrogens (primary N) is 4. The van der Waals surface area contributed by atoms with Crippen LogP contribution in [-0.4, -0.2) is 122 Å². The Bertz CT molecular complexity index is 1340. The number of hydrogen-bond donors (Lipinski definition) is 11. The van der Waals surface area contributed by atoms with Crippen LogP contribution in [0.4, 0.5) is 0 Å². The van der Waals surface area contributed by atoms with Gasteiger partial charge in [0.25, 0.3) is 0 Å². The monoisotopic (exact) mass is 697 g/mol. The van der Waals surface area contributed by atoms with Gasteiger partial charge in [-0.2, -0.15) is 12.6 Å². The largest absolute Gasteiger partial charge is 0.391 e. The predicted octanol–water partition coefficient (Wildman–Crippen LogP) is -5.85. The summed E-state index contributed by atoms with van der Waals surface area (Å²) in [5, 5.41) is 19.2. The number of likely N-dealkylation sites (tertiary alicyclic amines) is 1. The maximum Gasteiger partial charge on any atom is 0.246 e. The first-order valence-corrected chi connectivity index (χ1v) is 15.6. The molecule has 1 saturated heterocycles. The third kappa shape index (κ3) is 11.8. The summed E-state index contributed by atoms with van der Waals surface area (Å²) in [7, 11) is 0. The van der Waals surface area contributed by atoms with Gasteiger partial charge < -0.3 is 59.2 Å². The van der Waals surface area contributed by atoms with Gasteiger partial charge in [0.05, 0.1) is 24.9 Å². The number of aromatic amines is 1. The van der Waals surface area contributed by atoms with Gasteiger partial charge in [-0.05, 0) is 26.2 Å². The maximum absolute atomic E-state index is 13.7. The van der Waals surface area contributed by atoms with Crippen LogP contribution in [-0.2, 0) is 44.8 Å². The van der Waals surface area contributed by atoms with Crippen molar-refractivity contribution in [1.82, 2.24) is 36.1 Å². The van der Waals surface area contributed by atoms with Crippen molar-refractivity contribution in [2.45, 2.75) is 87.8 Å². The number of amides is 8. The van der Waals surface area contributed by atoms with Gasteiger partial charge in [-0.1, -0.05) is 0 Å². The molecule has 1 aliphatic heterocycles. The first-order chi connectivity index (χ1) is 22.5. The lowest BCUT2D eigenvalue weighted by Gasteiger charge is -2.30. The molecule has 2 rings (SSSR count). The van der Waals surface area contributed by atoms with Crippen LogP contribution < -0.4 is 44.2 Å². The Balaban J connectivity index is 2.28. The highest BCUT2D eigenvalue weighted by Gasteiger charge is 2.40. The number of hydrogen-bond acceptors (Lipinski definition) is 12. The number of rotatable bonds is 19. The van der Waals surface area contributed by atoms with Gasteiger partial charge in [0.15, 0.2) is 0 Å². The second-order valence-corrected chi connectivity index (χ2v) is 11.6. The molecule has 1 aliphatic rings. The second-order valence-electron chi connectivity index (χ2n) is 11.2. The van der Waals surface area contributed by atoms with Crippen molar-refractivity contribution in [3.05, 3.63) is 18.2 Å². The average molecular weight is 698 g/mol. The molecule has 2 heterocycles. The van der Waals surface area contributed by atoms with Crippen molar-refractivity contribution in [1.29, 1.82) is 0 Å². The first-order valence-electron chi connectivity index (χ1n) is 14.9. The third-order valence-corrected chi connectivity index (χ3v) is 7.80. The summed E-state index contributed by atoms with van der Waals surface area (Å²) in [5.74, 6) is -7.09. The molecule has 266 valence electrons. The number of nitrogens with zero attached hydrogens (tertiary/aromatic N) is 2. The van der Waals surface area contributed by atoms with E-state index in [0.29, 0.717) is 12.1 Å². The van der Waals surface area contributed by atoms with E-state index in [9.17, 15) is 43.5 Å². The summed E-state index contributed by atoms with van der Waals surface area (Å²) in [4.78, 5) is 109. The fraction of sp³-hybridized carbons (Fsp3) is 0.593. The minimum Gasteiger partial charge on any atom is -0.391 e. The zero-order chi connectivity index (χ0) is 36.1. The van der Waals surface area contributed by atoms with E-state index in [2.05, 4.69) is 43.9 Å². The number of carbonyl (C=O) groups excluding carboxylic acids is 8. The molecule has 1 aromatic rings. The van der Waals surface area contributed by atoms with Crippen LogP contribution in [0, 0.1) is 0 Å². The van der Waals surface area contributed by atoms with Gasteiger partial charge in [-0.15, -0.1) is 0 Å². The highest BCUT2D eigenvalue weighted by molar-refractivity contribution is 7.80. The highest BCUT2D eigenvalue weighted by Crippen LogP contribution is 2.20. The van der Waals surface area contributed by atoms with E-state index in [1.165, 1.54) is 24.3 Å². The number of imidazole rings is 1. The molecule has 1 fully saturated rings. The van der Waals surface area contributed by atoms with Crippen LogP contribution in [0.25, 0.3) is 0 Å². The smallest absolute Gasteiger partial charge is 0.246 e. The molecule has 0 unspecified atom stereocenters. The van der Waals surface area contributed by atoms with E-state index in [1.54, 1.807) is 0 Å². The fourth-order valence-corrected chi connectivity index (χ4v) is 5.04. The normalized spacial score (nSPS) is 17.9. The second kappa shape index (κ2) is 18.5. The summed E-state index contributed by atoms with van der Waals surface area (Å²) in [6, 6.07) is -8.01. The Morgan fingerprint density at radius 3 is 2.17 bits per heavy atom. The Kier molecular flexibility index (Phi) is 15.2. The first kappa shape index (κ1) is 39.4. The number of primary amides is 3. The Hall–Kier alpha value is -4.76. The van der Waals surface area contributed by atoms with E-state index >= 15 is 0 Å². The van der Waals surface area contributed by atoms with Gasteiger partial charge >= 0.3 is 0 Å². The lowest BCUT2D eigenvalue weighted by Crippen LogP contribution is -2.60. The van der Waals surface area contributed by atoms with Crippen molar-refractivity contribution in [2.24, 2.45) is 22.9 Å². The number of aliphatic hydroxyl groups excluding tert-OH is 1. The Morgan fingerprint density at radius 2 is 1.62 bits per heavy atom. The number of carbonyl (C=O) groups is 8. The van der Waals surface area contributed by atoms with E-state index in [-0.39, 0.29) is 38.0 Å². The maximum atomic E-state index is 13.7. The SMILES string of the molecule is C[C@@H](O)[C@H](NC(=O)[C@H](CC(N)=O)NC(=O)[C@H](CCC(N)=O)NC(=O)[C@@H]1CCCN1C(=O)[C@H](Cc1cnc[nH]1)NC(=O)[C@@H](N)CS)C(N)=O. The van der Waals surface area contributed by atoms with Crippen LogP contribution in [0.5, 0.6) is 0 Å². The van der Waals surface area contributed by atoms with Gasteiger partial charge in [-0.3, -0.25) is 38.4 Å². The van der Waals surface area contributed by atoms with Crippen LogP contribution >= 0.6 is 12.6 Å². The molecule has 0 aliphatic carbocycles. The zero-order valence-corrected chi connectivity index (χ0v) is 27.1. The summed E-state index contributed by atoms with van der Waals surface area (Å²) in [5.41, 5.74) is 22.0. The van der Waals surface area contributed by atoms with Gasteiger partial charge in [0, 0.05) is 37.0 Å². The molecule has 1 aromatic heterocycles. The van der Waals surface area contributed by atoms with Crippen molar-refractivity contribution in [2.75, 3.05) is 12.3 Å². The predicted molar refractivity (Wildman–Crippen MR) is 170 cm³/mol. The van der Waals surface area contributed by atoms with E-state index < -0.39 is 96.0 Å². The number of H-pyrrole nitrogens is 1. The van der Waals surface area contributed by atoms with Crippen LogP contribution in [0.1, 0.15) is 44.7 Å². The fourth-order valence-electron chi connectivity index (χ4n) is 4.87. The Morgan fingerprint density at radius 1 is 0.979 bits per heavy atom. The van der Waals surface area contributed by atoms with Crippen molar-refractivity contribution in [3.8, 4) is 0 Å². The topological polar surface area (TPSA) is 341 Å². The molecular formula is C27H43N11O9S. The average Bonchev–Trinajstić information content (AvgIpc) is 3.72. The molecule has 0 saturated carbocycles. The molecule has 0 aromatic carbocycles. The summed E-state index contributed by atoms with van der Waals surface area (Å²) in [6.07, 6.45) is 0.537. The van der Waals surface area contributed by atoms with E-state index in [4.69, 9.17) is 22.9 Å². The van der Waals surface area contributed by atoms with Gasteiger partial charge in [-0.25, -0.2) is 4.98 Å². The molecule has 20 nitrogen and oxygen atoms in total. The number of aliphatic hydroxyl groups is 1. The highest BCUT2D eigenvalue weighted by atomic mass is 32.1. The lowest BCUT2D eigenvalue weighted by molar-refractivity contribution is -0.142. The molecule has 0 radical (unpaired) electrons. The molecule has 0 bridgehead atoms. The molecule has 7 atom stereocenters. The molecule has 0 spiro atoms. The van der Waals surface area contributed by atoms with Crippen molar-refractivity contribution in [3.63, 3.8) is 0 Å². The number of nitrogens with one attached hydrogen (secondary N) is 5.